The van der Waals surface area contributed by atoms with Crippen LogP contribution in [0.3, 0.4) is 0 Å². The molecule has 0 spiro atoms. The monoisotopic (exact) mass is 320 g/mol. The molecule has 0 aliphatic carbocycles. The molecule has 0 radical (unpaired) electrons. The van der Waals surface area contributed by atoms with Crippen molar-refractivity contribution in [2.24, 2.45) is 0 Å². The number of carbonyl (C=O) groups is 1. The number of rotatable bonds is 1. The third-order valence-corrected chi connectivity index (χ3v) is 3.67. The fourth-order valence-electron chi connectivity index (χ4n) is 1.27. The van der Waals surface area contributed by atoms with Crippen LogP contribution in [0.2, 0.25) is 0 Å². The molecule has 2 rings (SSSR count). The molecule has 0 saturated carbocycles. The number of fused-ring (bicyclic) bond motifs is 1. The summed E-state index contributed by atoms with van der Waals surface area (Å²) in [6.45, 7) is 0. The molecular weight excluding hydrogens is 315 g/mol. The Morgan fingerprint density at radius 2 is 2.07 bits per heavy atom. The molecule has 2 aromatic rings. The highest BCUT2D eigenvalue weighted by molar-refractivity contribution is 14.1. The first-order chi connectivity index (χ1) is 6.58. The molecule has 72 valence electrons. The quantitative estimate of drug-likeness (QED) is 0.795. The zero-order valence-corrected chi connectivity index (χ0v) is 9.79. The Bertz CT molecular complexity index is 518. The van der Waals surface area contributed by atoms with Crippen molar-refractivity contribution in [1.82, 2.24) is 0 Å². The van der Waals surface area contributed by atoms with E-state index in [1.54, 1.807) is 6.07 Å². The minimum Gasteiger partial charge on any atom is -0.508 e. The Hall–Kier alpha value is -0.820. The lowest BCUT2D eigenvalue weighted by molar-refractivity contribution is 0.0698. The summed E-state index contributed by atoms with van der Waals surface area (Å²) in [6.07, 6.45) is 0. The first-order valence-corrected chi connectivity index (χ1v) is 5.63. The van der Waals surface area contributed by atoms with Crippen molar-refractivity contribution in [1.29, 1.82) is 0 Å². The van der Waals surface area contributed by atoms with E-state index in [4.69, 9.17) is 5.11 Å². The van der Waals surface area contributed by atoms with Crippen molar-refractivity contribution < 1.29 is 15.0 Å². The van der Waals surface area contributed by atoms with Crippen LogP contribution in [-0.2, 0) is 0 Å². The van der Waals surface area contributed by atoms with E-state index in [1.807, 2.05) is 6.07 Å². The first-order valence-electron chi connectivity index (χ1n) is 3.73. The highest BCUT2D eigenvalue weighted by atomic mass is 127. The Kier molecular flexibility index (Phi) is 2.36. The van der Waals surface area contributed by atoms with Gasteiger partial charge in [-0.15, -0.1) is 11.3 Å². The maximum absolute atomic E-state index is 10.9. The van der Waals surface area contributed by atoms with Gasteiger partial charge in [0.2, 0.25) is 0 Å². The van der Waals surface area contributed by atoms with E-state index in [-0.39, 0.29) is 11.3 Å². The van der Waals surface area contributed by atoms with Crippen molar-refractivity contribution >= 4 is 50.0 Å². The maximum Gasteiger partial charge on any atom is 0.336 e. The normalized spacial score (nSPS) is 10.6. The van der Waals surface area contributed by atoms with Crippen molar-refractivity contribution in [3.63, 3.8) is 0 Å². The van der Waals surface area contributed by atoms with Gasteiger partial charge < -0.3 is 10.2 Å². The third-order valence-electron chi connectivity index (χ3n) is 1.82. The molecule has 0 saturated heterocycles. The van der Waals surface area contributed by atoms with Crippen LogP contribution in [0.4, 0.5) is 0 Å². The van der Waals surface area contributed by atoms with E-state index in [0.717, 1.165) is 7.58 Å². The number of hydrogen-bond donors (Lipinski definition) is 2. The highest BCUT2D eigenvalue weighted by Crippen LogP contribution is 2.32. The summed E-state index contributed by atoms with van der Waals surface area (Å²) in [4.78, 5) is 10.9. The lowest BCUT2D eigenvalue weighted by Crippen LogP contribution is -1.95. The Labute approximate surface area is 97.1 Å². The van der Waals surface area contributed by atoms with Crippen LogP contribution in [0.25, 0.3) is 10.1 Å². The summed E-state index contributed by atoms with van der Waals surface area (Å²) < 4.78 is 1.80. The fourth-order valence-corrected chi connectivity index (χ4v) is 3.14. The minimum atomic E-state index is -1.01. The molecule has 0 aliphatic rings. The standard InChI is InChI=1S/C9H5IO3S/c10-8-3-5-6(9(12)13)1-4(11)2-7(5)14-8/h1-3,11H,(H,12,13). The summed E-state index contributed by atoms with van der Waals surface area (Å²) >= 11 is 3.59. The van der Waals surface area contributed by atoms with E-state index in [0.29, 0.717) is 5.39 Å². The van der Waals surface area contributed by atoms with Gasteiger partial charge in [0.1, 0.15) is 5.75 Å². The summed E-state index contributed by atoms with van der Waals surface area (Å²) in [5.74, 6) is -1.02. The Morgan fingerprint density at radius 1 is 1.36 bits per heavy atom. The van der Waals surface area contributed by atoms with E-state index in [2.05, 4.69) is 22.6 Å². The van der Waals surface area contributed by atoms with Crippen LogP contribution in [0.1, 0.15) is 10.4 Å². The average Bonchev–Trinajstić information content (AvgIpc) is 2.42. The molecule has 0 aliphatic heterocycles. The number of carboxylic acids is 1. The number of carboxylic acid groups (broad SMARTS) is 1. The minimum absolute atomic E-state index is 0.00634. The molecule has 1 aromatic heterocycles. The lowest BCUT2D eigenvalue weighted by Gasteiger charge is -1.98. The van der Waals surface area contributed by atoms with E-state index in [1.165, 1.54) is 17.4 Å². The molecule has 0 atom stereocenters. The van der Waals surface area contributed by atoms with Crippen LogP contribution >= 0.6 is 33.9 Å². The van der Waals surface area contributed by atoms with Crippen molar-refractivity contribution in [2.45, 2.75) is 0 Å². The molecule has 1 heterocycles. The van der Waals surface area contributed by atoms with Gasteiger partial charge >= 0.3 is 5.97 Å². The molecule has 1 aromatic carbocycles. The summed E-state index contributed by atoms with van der Waals surface area (Å²) in [5.41, 5.74) is 0.152. The number of thiophene rings is 1. The van der Waals surface area contributed by atoms with E-state index >= 15 is 0 Å². The van der Waals surface area contributed by atoms with Crippen molar-refractivity contribution in [2.75, 3.05) is 0 Å². The maximum atomic E-state index is 10.9. The number of halogens is 1. The summed E-state index contributed by atoms with van der Waals surface area (Å²) in [7, 11) is 0. The Morgan fingerprint density at radius 3 is 2.71 bits per heavy atom. The molecule has 0 bridgehead atoms. The van der Waals surface area contributed by atoms with E-state index < -0.39 is 5.97 Å². The molecule has 14 heavy (non-hydrogen) atoms. The van der Waals surface area contributed by atoms with Gasteiger partial charge in [-0.2, -0.15) is 0 Å². The van der Waals surface area contributed by atoms with Crippen molar-refractivity contribution in [3.8, 4) is 5.75 Å². The topological polar surface area (TPSA) is 57.5 Å². The molecule has 0 fully saturated rings. The fraction of sp³-hybridized carbons (Fsp3) is 0. The molecule has 0 amide bonds. The second-order valence-electron chi connectivity index (χ2n) is 2.76. The van der Waals surface area contributed by atoms with Crippen LogP contribution in [0.5, 0.6) is 5.75 Å². The molecule has 2 N–H and O–H groups in total. The largest absolute Gasteiger partial charge is 0.508 e. The zero-order chi connectivity index (χ0) is 10.3. The van der Waals surface area contributed by atoms with E-state index in [9.17, 15) is 9.90 Å². The Balaban J connectivity index is 2.85. The second-order valence-corrected chi connectivity index (χ2v) is 5.74. The predicted octanol–water partition coefficient (Wildman–Crippen LogP) is 2.91. The molecule has 3 nitrogen and oxygen atoms in total. The number of benzene rings is 1. The smallest absolute Gasteiger partial charge is 0.336 e. The zero-order valence-electron chi connectivity index (χ0n) is 6.82. The average molecular weight is 320 g/mol. The first kappa shape index (κ1) is 9.72. The van der Waals surface area contributed by atoms with Gasteiger partial charge in [0.15, 0.2) is 0 Å². The number of phenols is 1. The van der Waals surface area contributed by atoms with Crippen LogP contribution < -0.4 is 0 Å². The van der Waals surface area contributed by atoms with Gasteiger partial charge in [-0.3, -0.25) is 0 Å². The number of phenolic OH excluding ortho intramolecular Hbond substituents is 1. The number of aromatic hydroxyl groups is 1. The summed E-state index contributed by atoms with van der Waals surface area (Å²) in [5, 5.41) is 18.9. The predicted molar refractivity (Wildman–Crippen MR) is 63.2 cm³/mol. The van der Waals surface area contributed by atoms with Crippen molar-refractivity contribution in [3.05, 3.63) is 26.6 Å². The molecular formula is C9H5IO3S. The van der Waals surface area contributed by atoms with Gasteiger partial charge in [0.05, 0.1) is 8.45 Å². The molecule has 5 heteroatoms. The van der Waals surface area contributed by atoms with Gasteiger partial charge in [-0.25, -0.2) is 4.79 Å². The second kappa shape index (κ2) is 3.39. The highest BCUT2D eigenvalue weighted by Gasteiger charge is 2.12. The van der Waals surface area contributed by atoms with Gasteiger partial charge in [0.25, 0.3) is 0 Å². The van der Waals surface area contributed by atoms with Gasteiger partial charge in [-0.1, -0.05) is 0 Å². The van der Waals surface area contributed by atoms with Crippen LogP contribution in [-0.4, -0.2) is 16.2 Å². The van der Waals surface area contributed by atoms with Crippen LogP contribution in [0, 0.1) is 2.88 Å². The van der Waals surface area contributed by atoms with Crippen LogP contribution in [0.15, 0.2) is 18.2 Å². The lowest BCUT2D eigenvalue weighted by atomic mass is 10.1. The third kappa shape index (κ3) is 1.57. The SMILES string of the molecule is O=C(O)c1cc(O)cc2sc(I)cc12. The summed E-state index contributed by atoms with van der Waals surface area (Å²) in [6, 6.07) is 4.66. The van der Waals surface area contributed by atoms with Gasteiger partial charge in [-0.05, 0) is 40.8 Å². The molecule has 0 unspecified atom stereocenters. The van der Waals surface area contributed by atoms with Gasteiger partial charge in [0, 0.05) is 10.1 Å². The number of hydrogen-bond acceptors (Lipinski definition) is 3. The number of aromatic carboxylic acids is 1.